The van der Waals surface area contributed by atoms with Crippen LogP contribution in [0.5, 0.6) is 0 Å². The van der Waals surface area contributed by atoms with Crippen LogP contribution in [0, 0.1) is 5.92 Å². The van der Waals surface area contributed by atoms with Gasteiger partial charge < -0.3 is 0 Å². The minimum absolute atomic E-state index is 0.212. The predicted molar refractivity (Wildman–Crippen MR) is 108 cm³/mol. The van der Waals surface area contributed by atoms with Crippen molar-refractivity contribution in [2.45, 2.75) is 32.6 Å². The highest BCUT2D eigenvalue weighted by molar-refractivity contribution is 6.07. The molecule has 0 unspecified atom stereocenters. The lowest BCUT2D eigenvalue weighted by Gasteiger charge is -2.19. The largest absolute Gasteiger partial charge is 0.272 e. The highest BCUT2D eigenvalue weighted by Crippen LogP contribution is 2.24. The zero-order valence-corrected chi connectivity index (χ0v) is 15.4. The van der Waals surface area contributed by atoms with E-state index in [1.165, 1.54) is 6.42 Å². The van der Waals surface area contributed by atoms with Crippen molar-refractivity contribution in [3.8, 4) is 11.4 Å². The number of nitrogens with one attached hydrogen (secondary N) is 1. The van der Waals surface area contributed by atoms with E-state index in [-0.39, 0.29) is 5.91 Å². The molecule has 0 aliphatic heterocycles. The van der Waals surface area contributed by atoms with E-state index in [2.05, 4.69) is 27.4 Å². The molecule has 1 saturated carbocycles. The third-order valence-electron chi connectivity index (χ3n) is 5.08. The van der Waals surface area contributed by atoms with E-state index in [9.17, 15) is 4.79 Å². The van der Waals surface area contributed by atoms with Crippen LogP contribution in [0.4, 0.5) is 0 Å². The Morgan fingerprint density at radius 3 is 2.78 bits per heavy atom. The molecule has 1 atom stereocenters. The van der Waals surface area contributed by atoms with Crippen molar-refractivity contribution in [1.29, 1.82) is 0 Å². The summed E-state index contributed by atoms with van der Waals surface area (Å²) in [4.78, 5) is 22.0. The van der Waals surface area contributed by atoms with Gasteiger partial charge in [-0.15, -0.1) is 0 Å². The van der Waals surface area contributed by atoms with E-state index in [0.717, 1.165) is 41.6 Å². The lowest BCUT2D eigenvalue weighted by Crippen LogP contribution is -2.24. The van der Waals surface area contributed by atoms with Crippen LogP contribution in [-0.4, -0.2) is 21.6 Å². The van der Waals surface area contributed by atoms with Gasteiger partial charge in [-0.1, -0.05) is 37.6 Å². The number of hydrogen-bond acceptors (Lipinski definition) is 4. The lowest BCUT2D eigenvalue weighted by atomic mass is 9.89. The lowest BCUT2D eigenvalue weighted by molar-refractivity contribution is 0.0956. The third-order valence-corrected chi connectivity index (χ3v) is 5.08. The summed E-state index contributed by atoms with van der Waals surface area (Å²) < 4.78 is 0. The molecule has 136 valence electrons. The summed E-state index contributed by atoms with van der Waals surface area (Å²) in [6.07, 6.45) is 6.19. The van der Waals surface area contributed by atoms with Crippen molar-refractivity contribution >= 4 is 22.5 Å². The number of hydrogen-bond donors (Lipinski definition) is 1. The molecular formula is C22H22N4O. The van der Waals surface area contributed by atoms with Gasteiger partial charge in [-0.2, -0.15) is 5.10 Å². The van der Waals surface area contributed by atoms with Gasteiger partial charge in [0.25, 0.3) is 5.91 Å². The number of rotatable bonds is 3. The van der Waals surface area contributed by atoms with Crippen molar-refractivity contribution in [3.63, 3.8) is 0 Å². The Bertz CT molecular complexity index is 998. The normalized spacial score (nSPS) is 18.6. The first-order valence-electron chi connectivity index (χ1n) is 9.40. The molecule has 1 amide bonds. The number of hydrazone groups is 1. The van der Waals surface area contributed by atoms with Crippen LogP contribution in [-0.2, 0) is 0 Å². The number of pyridine rings is 2. The highest BCUT2D eigenvalue weighted by Gasteiger charge is 2.18. The standard InChI is InChI=1S/C22H22N4O/c1-15-8-2-4-10-18(15)25-26-22(27)17-14-21(20-12-6-7-13-23-20)24-19-11-5-3-9-16(17)19/h3,5-7,9,11-15H,2,4,8,10H2,1H3,(H,26,27)/b25-18-/t15-/m1/s1. The van der Waals surface area contributed by atoms with Crippen molar-refractivity contribution in [1.82, 2.24) is 15.4 Å². The summed E-state index contributed by atoms with van der Waals surface area (Å²) in [7, 11) is 0. The number of aromatic nitrogens is 2. The zero-order chi connectivity index (χ0) is 18.6. The molecule has 1 fully saturated rings. The van der Waals surface area contributed by atoms with Gasteiger partial charge >= 0.3 is 0 Å². The molecule has 2 aromatic heterocycles. The summed E-state index contributed by atoms with van der Waals surface area (Å²) in [6, 6.07) is 15.1. The summed E-state index contributed by atoms with van der Waals surface area (Å²) in [5, 5.41) is 5.24. The molecule has 5 heteroatoms. The Balaban J connectivity index is 1.71. The fraction of sp³-hybridized carbons (Fsp3) is 0.273. The van der Waals surface area contributed by atoms with E-state index < -0.39 is 0 Å². The van der Waals surface area contributed by atoms with Crippen LogP contribution in [0.15, 0.2) is 59.8 Å². The van der Waals surface area contributed by atoms with Crippen molar-refractivity contribution in [3.05, 3.63) is 60.3 Å². The van der Waals surface area contributed by atoms with E-state index >= 15 is 0 Å². The molecule has 0 bridgehead atoms. The number of carbonyl (C=O) groups excluding carboxylic acids is 1. The van der Waals surface area contributed by atoms with Gasteiger partial charge in [0.15, 0.2) is 0 Å². The topological polar surface area (TPSA) is 67.2 Å². The van der Waals surface area contributed by atoms with Crippen molar-refractivity contribution in [2.24, 2.45) is 11.0 Å². The van der Waals surface area contributed by atoms with Crippen LogP contribution in [0.2, 0.25) is 0 Å². The van der Waals surface area contributed by atoms with E-state index in [0.29, 0.717) is 17.2 Å². The van der Waals surface area contributed by atoms with E-state index in [4.69, 9.17) is 0 Å². The fourth-order valence-corrected chi connectivity index (χ4v) is 3.53. The van der Waals surface area contributed by atoms with Crippen LogP contribution < -0.4 is 5.43 Å². The number of benzene rings is 1. The second-order valence-corrected chi connectivity index (χ2v) is 6.98. The Labute approximate surface area is 158 Å². The predicted octanol–water partition coefficient (Wildman–Crippen LogP) is 4.59. The first-order valence-corrected chi connectivity index (χ1v) is 9.40. The van der Waals surface area contributed by atoms with Crippen molar-refractivity contribution < 1.29 is 4.79 Å². The fourth-order valence-electron chi connectivity index (χ4n) is 3.53. The number of nitrogens with zero attached hydrogens (tertiary/aromatic N) is 3. The molecule has 5 nitrogen and oxygen atoms in total. The van der Waals surface area contributed by atoms with Crippen molar-refractivity contribution in [2.75, 3.05) is 0 Å². The molecule has 1 aliphatic carbocycles. The number of amides is 1. The molecule has 1 aliphatic rings. The second-order valence-electron chi connectivity index (χ2n) is 6.98. The summed E-state index contributed by atoms with van der Waals surface area (Å²) in [5.74, 6) is 0.216. The Hall–Kier alpha value is -3.08. The van der Waals surface area contributed by atoms with Crippen LogP contribution in [0.3, 0.4) is 0 Å². The monoisotopic (exact) mass is 358 g/mol. The van der Waals surface area contributed by atoms with Gasteiger partial charge in [0.1, 0.15) is 0 Å². The van der Waals surface area contributed by atoms with Gasteiger partial charge in [-0.05, 0) is 49.4 Å². The molecule has 0 saturated heterocycles. The maximum Gasteiger partial charge on any atom is 0.272 e. The molecule has 27 heavy (non-hydrogen) atoms. The van der Waals surface area contributed by atoms with Gasteiger partial charge in [0.05, 0.1) is 22.5 Å². The third kappa shape index (κ3) is 3.72. The average Bonchev–Trinajstić information content (AvgIpc) is 2.73. The molecule has 1 aromatic carbocycles. The molecule has 0 radical (unpaired) electrons. The highest BCUT2D eigenvalue weighted by atomic mass is 16.2. The Morgan fingerprint density at radius 1 is 1.11 bits per heavy atom. The number of carbonyl (C=O) groups is 1. The smallest absolute Gasteiger partial charge is 0.267 e. The van der Waals surface area contributed by atoms with Crippen LogP contribution >= 0.6 is 0 Å². The summed E-state index contributed by atoms with van der Waals surface area (Å²) >= 11 is 0. The quantitative estimate of drug-likeness (QED) is 0.696. The average molecular weight is 358 g/mol. The first-order chi connectivity index (χ1) is 13.2. The molecule has 4 rings (SSSR count). The van der Waals surface area contributed by atoms with Gasteiger partial charge in [0.2, 0.25) is 0 Å². The van der Waals surface area contributed by atoms with E-state index in [1.54, 1.807) is 12.3 Å². The van der Waals surface area contributed by atoms with Crippen LogP contribution in [0.25, 0.3) is 22.3 Å². The molecule has 2 heterocycles. The Morgan fingerprint density at radius 2 is 1.96 bits per heavy atom. The van der Waals surface area contributed by atoms with Gasteiger partial charge in [-0.3, -0.25) is 9.78 Å². The van der Waals surface area contributed by atoms with E-state index in [1.807, 2.05) is 42.5 Å². The zero-order valence-electron chi connectivity index (χ0n) is 15.4. The number of para-hydroxylation sites is 1. The maximum absolute atomic E-state index is 12.9. The summed E-state index contributed by atoms with van der Waals surface area (Å²) in [5.41, 5.74) is 6.60. The van der Waals surface area contributed by atoms with Gasteiger partial charge in [-0.25, -0.2) is 10.4 Å². The van der Waals surface area contributed by atoms with Gasteiger partial charge in [0, 0.05) is 17.3 Å². The minimum atomic E-state index is -0.212. The summed E-state index contributed by atoms with van der Waals surface area (Å²) in [6.45, 7) is 2.17. The van der Waals surface area contributed by atoms with Crippen LogP contribution in [0.1, 0.15) is 43.0 Å². The Kier molecular flexibility index (Phi) is 4.92. The minimum Gasteiger partial charge on any atom is -0.267 e. The number of fused-ring (bicyclic) bond motifs is 1. The second kappa shape index (κ2) is 7.66. The molecule has 1 N–H and O–H groups in total. The molecule has 3 aromatic rings. The molecular weight excluding hydrogens is 336 g/mol. The maximum atomic E-state index is 12.9. The SMILES string of the molecule is C[C@@H]1CCCC/C1=N/NC(=O)c1cc(-c2ccccn2)nc2ccccc12. The molecule has 0 spiro atoms. The first kappa shape index (κ1) is 17.3.